The van der Waals surface area contributed by atoms with Gasteiger partial charge < -0.3 is 9.67 Å². The van der Waals surface area contributed by atoms with Gasteiger partial charge in [0.15, 0.2) is 0 Å². The third-order valence-corrected chi connectivity index (χ3v) is 2.72. The maximum atomic E-state index is 11.5. The van der Waals surface area contributed by atoms with Gasteiger partial charge in [0, 0.05) is 12.4 Å². The van der Waals surface area contributed by atoms with Crippen molar-refractivity contribution >= 4 is 5.97 Å². The molecule has 4 heteroatoms. The van der Waals surface area contributed by atoms with Crippen molar-refractivity contribution in [3.8, 4) is 0 Å². The van der Waals surface area contributed by atoms with Crippen molar-refractivity contribution in [2.24, 2.45) is 0 Å². The number of carboxylic acid groups (broad SMARTS) is 1. The molecular weight excluding hydrogens is 192 g/mol. The minimum absolute atomic E-state index is 0.645. The van der Waals surface area contributed by atoms with Crippen LogP contribution in [0.2, 0.25) is 0 Å². The van der Waals surface area contributed by atoms with Crippen LogP contribution < -0.4 is 0 Å². The number of nitrogens with zero attached hydrogens (tertiary/aromatic N) is 2. The van der Waals surface area contributed by atoms with Crippen molar-refractivity contribution in [1.82, 2.24) is 9.55 Å². The third kappa shape index (κ3) is 2.19. The number of carboxylic acids is 1. The molecule has 0 atom stereocenters. The number of carbonyl (C=O) groups is 1. The Kier molecular flexibility index (Phi) is 3.88. The zero-order valence-corrected chi connectivity index (χ0v) is 9.31. The average molecular weight is 210 g/mol. The molecule has 0 fully saturated rings. The largest absolute Gasteiger partial charge is 0.479 e. The Hall–Kier alpha value is -1.32. The van der Waals surface area contributed by atoms with Crippen molar-refractivity contribution in [1.29, 1.82) is 0 Å². The van der Waals surface area contributed by atoms with Crippen LogP contribution in [0.25, 0.3) is 0 Å². The van der Waals surface area contributed by atoms with Crippen molar-refractivity contribution < 1.29 is 9.90 Å². The van der Waals surface area contributed by atoms with E-state index in [0.29, 0.717) is 12.8 Å². The Morgan fingerprint density at radius 2 is 2.00 bits per heavy atom. The molecule has 0 aliphatic rings. The van der Waals surface area contributed by atoms with Crippen LogP contribution in [-0.4, -0.2) is 20.6 Å². The highest BCUT2D eigenvalue weighted by Gasteiger charge is 2.38. The minimum Gasteiger partial charge on any atom is -0.479 e. The molecule has 84 valence electrons. The van der Waals surface area contributed by atoms with E-state index in [1.165, 1.54) is 0 Å². The standard InChI is InChI=1S/C11H18N2O2/c1-3-5-11(6-4-2,10(14)15)13-8-7-12-9-13/h7-9H,3-6H2,1-2H3,(H,14,15). The third-order valence-electron chi connectivity index (χ3n) is 2.72. The van der Waals surface area contributed by atoms with E-state index in [1.54, 1.807) is 23.3 Å². The van der Waals surface area contributed by atoms with E-state index in [-0.39, 0.29) is 0 Å². The van der Waals surface area contributed by atoms with E-state index in [9.17, 15) is 9.90 Å². The summed E-state index contributed by atoms with van der Waals surface area (Å²) in [6.45, 7) is 4.01. The van der Waals surface area contributed by atoms with Gasteiger partial charge >= 0.3 is 5.97 Å². The molecule has 0 unspecified atom stereocenters. The molecule has 1 heterocycles. The maximum absolute atomic E-state index is 11.5. The van der Waals surface area contributed by atoms with E-state index >= 15 is 0 Å². The van der Waals surface area contributed by atoms with Crippen molar-refractivity contribution in [3.63, 3.8) is 0 Å². The SMILES string of the molecule is CCCC(CCC)(C(=O)O)n1ccnc1. The first kappa shape index (κ1) is 11.8. The van der Waals surface area contributed by atoms with Gasteiger partial charge in [0.05, 0.1) is 6.33 Å². The summed E-state index contributed by atoms with van der Waals surface area (Å²) in [7, 11) is 0. The molecule has 1 rings (SSSR count). The van der Waals surface area contributed by atoms with Gasteiger partial charge in [-0.3, -0.25) is 0 Å². The fraction of sp³-hybridized carbons (Fsp3) is 0.636. The first-order chi connectivity index (χ1) is 7.17. The smallest absolute Gasteiger partial charge is 0.329 e. The van der Waals surface area contributed by atoms with Crippen LogP contribution in [-0.2, 0) is 10.3 Å². The van der Waals surface area contributed by atoms with Crippen LogP contribution in [0.5, 0.6) is 0 Å². The summed E-state index contributed by atoms with van der Waals surface area (Å²) in [5, 5.41) is 9.41. The normalized spacial score (nSPS) is 11.6. The predicted molar refractivity (Wildman–Crippen MR) is 57.7 cm³/mol. The molecule has 0 aliphatic heterocycles. The van der Waals surface area contributed by atoms with Gasteiger partial charge in [-0.25, -0.2) is 9.78 Å². The molecule has 0 aromatic carbocycles. The zero-order valence-electron chi connectivity index (χ0n) is 9.31. The Morgan fingerprint density at radius 3 is 2.33 bits per heavy atom. The molecule has 0 bridgehead atoms. The maximum Gasteiger partial charge on any atom is 0.329 e. The molecule has 0 amide bonds. The highest BCUT2D eigenvalue weighted by molar-refractivity contribution is 5.76. The lowest BCUT2D eigenvalue weighted by molar-refractivity contribution is -0.148. The molecule has 0 saturated heterocycles. The van der Waals surface area contributed by atoms with Crippen molar-refractivity contribution in [2.45, 2.75) is 45.1 Å². The molecule has 1 aromatic rings. The first-order valence-corrected chi connectivity index (χ1v) is 5.39. The van der Waals surface area contributed by atoms with Crippen LogP contribution in [0, 0.1) is 0 Å². The lowest BCUT2D eigenvalue weighted by Crippen LogP contribution is -2.41. The topological polar surface area (TPSA) is 55.1 Å². The van der Waals surface area contributed by atoms with E-state index in [4.69, 9.17) is 0 Å². The molecule has 1 N–H and O–H groups in total. The average Bonchev–Trinajstić information content (AvgIpc) is 2.70. The van der Waals surface area contributed by atoms with Crippen LogP contribution in [0.1, 0.15) is 39.5 Å². The Labute approximate surface area is 89.9 Å². The van der Waals surface area contributed by atoms with Crippen molar-refractivity contribution in [3.05, 3.63) is 18.7 Å². The van der Waals surface area contributed by atoms with Gasteiger partial charge in [0.25, 0.3) is 0 Å². The van der Waals surface area contributed by atoms with Gasteiger partial charge in [0.1, 0.15) is 5.54 Å². The Morgan fingerprint density at radius 1 is 1.40 bits per heavy atom. The lowest BCUT2D eigenvalue weighted by Gasteiger charge is -2.30. The number of hydrogen-bond donors (Lipinski definition) is 1. The summed E-state index contributed by atoms with van der Waals surface area (Å²) in [5.41, 5.74) is -0.806. The number of hydrogen-bond acceptors (Lipinski definition) is 2. The number of aliphatic carboxylic acids is 1. The molecule has 1 aromatic heterocycles. The summed E-state index contributed by atoms with van der Waals surface area (Å²) >= 11 is 0. The van der Waals surface area contributed by atoms with Crippen LogP contribution >= 0.6 is 0 Å². The van der Waals surface area contributed by atoms with Crippen LogP contribution in [0.3, 0.4) is 0 Å². The van der Waals surface area contributed by atoms with Gasteiger partial charge in [-0.2, -0.15) is 0 Å². The second kappa shape index (κ2) is 4.96. The van der Waals surface area contributed by atoms with E-state index in [0.717, 1.165) is 12.8 Å². The lowest BCUT2D eigenvalue weighted by atomic mass is 9.88. The molecular formula is C11H18N2O2. The Bertz CT molecular complexity index is 300. The molecule has 0 radical (unpaired) electrons. The molecule has 0 aliphatic carbocycles. The molecule has 15 heavy (non-hydrogen) atoms. The quantitative estimate of drug-likeness (QED) is 0.783. The number of rotatable bonds is 6. The second-order valence-corrected chi connectivity index (χ2v) is 3.81. The van der Waals surface area contributed by atoms with Gasteiger partial charge in [0.2, 0.25) is 0 Å². The highest BCUT2D eigenvalue weighted by atomic mass is 16.4. The van der Waals surface area contributed by atoms with Gasteiger partial charge in [-0.15, -0.1) is 0 Å². The van der Waals surface area contributed by atoms with E-state index in [2.05, 4.69) is 4.98 Å². The van der Waals surface area contributed by atoms with E-state index < -0.39 is 11.5 Å². The summed E-state index contributed by atoms with van der Waals surface area (Å²) in [4.78, 5) is 15.4. The van der Waals surface area contributed by atoms with Gasteiger partial charge in [-0.1, -0.05) is 26.7 Å². The monoisotopic (exact) mass is 210 g/mol. The fourth-order valence-electron chi connectivity index (χ4n) is 2.05. The highest BCUT2D eigenvalue weighted by Crippen LogP contribution is 2.28. The van der Waals surface area contributed by atoms with Crippen LogP contribution in [0.4, 0.5) is 0 Å². The van der Waals surface area contributed by atoms with Gasteiger partial charge in [-0.05, 0) is 12.8 Å². The molecule has 0 saturated carbocycles. The van der Waals surface area contributed by atoms with E-state index in [1.807, 2.05) is 13.8 Å². The number of imidazole rings is 1. The summed E-state index contributed by atoms with van der Waals surface area (Å²) in [5.74, 6) is -0.760. The predicted octanol–water partition coefficient (Wildman–Crippen LogP) is 2.26. The molecule has 4 nitrogen and oxygen atoms in total. The summed E-state index contributed by atoms with van der Waals surface area (Å²) in [6.07, 6.45) is 7.95. The minimum atomic E-state index is -0.806. The summed E-state index contributed by atoms with van der Waals surface area (Å²) < 4.78 is 1.72. The number of aromatic nitrogens is 2. The van der Waals surface area contributed by atoms with Crippen molar-refractivity contribution in [2.75, 3.05) is 0 Å². The van der Waals surface area contributed by atoms with Crippen LogP contribution in [0.15, 0.2) is 18.7 Å². The fourth-order valence-corrected chi connectivity index (χ4v) is 2.05. The second-order valence-electron chi connectivity index (χ2n) is 3.81. The first-order valence-electron chi connectivity index (χ1n) is 5.39. The Balaban J connectivity index is 3.07. The summed E-state index contributed by atoms with van der Waals surface area (Å²) in [6, 6.07) is 0. The zero-order chi connectivity index (χ0) is 11.3. The molecule has 0 spiro atoms.